The summed E-state index contributed by atoms with van der Waals surface area (Å²) < 4.78 is 0. The quantitative estimate of drug-likeness (QED) is 0.804. The third kappa shape index (κ3) is 5.89. The lowest BCUT2D eigenvalue weighted by atomic mass is 10.3. The Morgan fingerprint density at radius 2 is 1.35 bits per heavy atom. The van der Waals surface area contributed by atoms with Crippen molar-refractivity contribution in [2.24, 2.45) is 0 Å². The average molecular weight is 278 g/mol. The van der Waals surface area contributed by atoms with Crippen molar-refractivity contribution >= 4 is 6.03 Å². The van der Waals surface area contributed by atoms with Crippen molar-refractivity contribution in [2.75, 3.05) is 0 Å². The predicted molar refractivity (Wildman–Crippen MR) is 74.8 cm³/mol. The Morgan fingerprint density at radius 1 is 0.900 bits per heavy atom. The Balaban J connectivity index is 0.00000180. The second-order valence-corrected chi connectivity index (χ2v) is 3.76. The van der Waals surface area contributed by atoms with Crippen LogP contribution in [0.5, 0.6) is 0 Å². The van der Waals surface area contributed by atoms with Gasteiger partial charge in [-0.3, -0.25) is 9.97 Å². The number of carbonyl (C=O) groups is 1. The predicted octanol–water partition coefficient (Wildman–Crippen LogP) is -0.173. The van der Waals surface area contributed by atoms with Crippen LogP contribution in [0.25, 0.3) is 0 Å². The number of rotatable bonds is 4. The lowest BCUT2D eigenvalue weighted by Crippen LogP contribution is -2.34. The van der Waals surface area contributed by atoms with Crippen molar-refractivity contribution < 1.29 is 15.7 Å². The minimum Gasteiger partial charge on any atom is -0.412 e. The van der Waals surface area contributed by atoms with Crippen LogP contribution in [-0.2, 0) is 13.1 Å². The third-order valence-corrected chi connectivity index (χ3v) is 2.35. The highest BCUT2D eigenvalue weighted by atomic mass is 16.2. The molecule has 2 aromatic heterocycles. The number of aromatic nitrogens is 2. The largest absolute Gasteiger partial charge is 0.412 e. The van der Waals surface area contributed by atoms with E-state index in [1.807, 2.05) is 24.3 Å². The summed E-state index contributed by atoms with van der Waals surface area (Å²) in [6, 6.07) is 7.29. The Hall–Kier alpha value is -2.51. The first kappa shape index (κ1) is 17.5. The lowest BCUT2D eigenvalue weighted by Gasteiger charge is -2.07. The third-order valence-electron chi connectivity index (χ3n) is 2.35. The summed E-state index contributed by atoms with van der Waals surface area (Å²) >= 11 is 0. The van der Waals surface area contributed by atoms with Crippen LogP contribution in [0.15, 0.2) is 49.1 Å². The van der Waals surface area contributed by atoms with Gasteiger partial charge in [-0.2, -0.15) is 0 Å². The van der Waals surface area contributed by atoms with Crippen LogP contribution >= 0.6 is 0 Å². The van der Waals surface area contributed by atoms with E-state index in [2.05, 4.69) is 20.6 Å². The molecule has 0 aliphatic rings. The minimum absolute atomic E-state index is 0. The summed E-state index contributed by atoms with van der Waals surface area (Å²) in [5, 5.41) is 5.52. The van der Waals surface area contributed by atoms with Gasteiger partial charge in [0.15, 0.2) is 0 Å². The van der Waals surface area contributed by atoms with Crippen LogP contribution in [0, 0.1) is 0 Å². The molecular weight excluding hydrogens is 260 g/mol. The van der Waals surface area contributed by atoms with Gasteiger partial charge in [-0.1, -0.05) is 12.1 Å². The van der Waals surface area contributed by atoms with Gasteiger partial charge in [-0.05, 0) is 23.3 Å². The van der Waals surface area contributed by atoms with Crippen molar-refractivity contribution in [1.29, 1.82) is 0 Å². The molecular formula is C13H18N4O3. The first-order valence-electron chi connectivity index (χ1n) is 5.64. The summed E-state index contributed by atoms with van der Waals surface area (Å²) in [6.45, 7) is 0.930. The highest BCUT2D eigenvalue weighted by Gasteiger charge is 2.00. The van der Waals surface area contributed by atoms with Gasteiger partial charge in [-0.25, -0.2) is 4.79 Å². The van der Waals surface area contributed by atoms with Crippen molar-refractivity contribution in [3.05, 3.63) is 60.2 Å². The van der Waals surface area contributed by atoms with E-state index in [4.69, 9.17) is 0 Å². The molecule has 0 spiro atoms. The van der Waals surface area contributed by atoms with Crippen LogP contribution < -0.4 is 10.6 Å². The molecule has 2 amide bonds. The van der Waals surface area contributed by atoms with Gasteiger partial charge >= 0.3 is 6.03 Å². The molecule has 0 fully saturated rings. The van der Waals surface area contributed by atoms with E-state index in [-0.39, 0.29) is 17.0 Å². The monoisotopic (exact) mass is 278 g/mol. The standard InChI is InChI=1S/C13H14N4O.2H2O/c18-13(16-9-11-3-1-5-14-7-11)17-10-12-4-2-6-15-8-12;;/h1-8H,9-10H2,(H2,16,17,18);2*1H2. The highest BCUT2D eigenvalue weighted by molar-refractivity contribution is 5.73. The molecule has 0 unspecified atom stereocenters. The van der Waals surface area contributed by atoms with E-state index in [0.29, 0.717) is 13.1 Å². The molecule has 2 heterocycles. The lowest BCUT2D eigenvalue weighted by molar-refractivity contribution is 0.240. The summed E-state index contributed by atoms with van der Waals surface area (Å²) in [5.41, 5.74) is 1.93. The summed E-state index contributed by atoms with van der Waals surface area (Å²) in [4.78, 5) is 19.5. The fourth-order valence-corrected chi connectivity index (χ4v) is 1.43. The van der Waals surface area contributed by atoms with E-state index >= 15 is 0 Å². The van der Waals surface area contributed by atoms with Gasteiger partial charge in [0.25, 0.3) is 0 Å². The highest BCUT2D eigenvalue weighted by Crippen LogP contribution is 1.95. The maximum atomic E-state index is 11.5. The number of nitrogens with one attached hydrogen (secondary N) is 2. The molecule has 0 atom stereocenters. The van der Waals surface area contributed by atoms with Crippen LogP contribution in [0.1, 0.15) is 11.1 Å². The summed E-state index contributed by atoms with van der Waals surface area (Å²) in [5.74, 6) is 0. The minimum atomic E-state index is -0.206. The fourth-order valence-electron chi connectivity index (χ4n) is 1.43. The molecule has 0 saturated carbocycles. The molecule has 0 aromatic carbocycles. The van der Waals surface area contributed by atoms with Crippen LogP contribution in [-0.4, -0.2) is 27.0 Å². The number of carbonyl (C=O) groups excluding carboxylic acids is 1. The number of nitrogens with zero attached hydrogens (tertiary/aromatic N) is 2. The Morgan fingerprint density at radius 3 is 1.70 bits per heavy atom. The number of urea groups is 1. The molecule has 20 heavy (non-hydrogen) atoms. The molecule has 7 nitrogen and oxygen atoms in total. The second kappa shape index (κ2) is 9.42. The fraction of sp³-hybridized carbons (Fsp3) is 0.154. The molecule has 0 saturated heterocycles. The number of hydrogen-bond donors (Lipinski definition) is 2. The van der Waals surface area contributed by atoms with Crippen molar-refractivity contribution in [2.45, 2.75) is 13.1 Å². The zero-order valence-electron chi connectivity index (χ0n) is 10.8. The summed E-state index contributed by atoms with van der Waals surface area (Å²) in [7, 11) is 0. The zero-order chi connectivity index (χ0) is 12.6. The van der Waals surface area contributed by atoms with Gasteiger partial charge in [0.1, 0.15) is 0 Å². The molecule has 2 rings (SSSR count). The van der Waals surface area contributed by atoms with Gasteiger partial charge in [0.05, 0.1) is 0 Å². The Labute approximate surface area is 116 Å². The first-order valence-corrected chi connectivity index (χ1v) is 5.64. The topological polar surface area (TPSA) is 130 Å². The van der Waals surface area contributed by atoms with Crippen LogP contribution in [0.4, 0.5) is 4.79 Å². The number of amides is 2. The molecule has 7 heteroatoms. The van der Waals surface area contributed by atoms with E-state index < -0.39 is 0 Å². The van der Waals surface area contributed by atoms with E-state index in [1.165, 1.54) is 0 Å². The van der Waals surface area contributed by atoms with Crippen LogP contribution in [0.3, 0.4) is 0 Å². The van der Waals surface area contributed by atoms with Crippen LogP contribution in [0.2, 0.25) is 0 Å². The van der Waals surface area contributed by atoms with Crippen molar-refractivity contribution in [3.63, 3.8) is 0 Å². The van der Waals surface area contributed by atoms with Gasteiger partial charge < -0.3 is 21.6 Å². The van der Waals surface area contributed by atoms with Crippen molar-refractivity contribution in [1.82, 2.24) is 20.6 Å². The normalized spacial score (nSPS) is 8.80. The second-order valence-electron chi connectivity index (χ2n) is 3.76. The zero-order valence-corrected chi connectivity index (χ0v) is 10.8. The van der Waals surface area contributed by atoms with Gasteiger partial charge in [-0.15, -0.1) is 0 Å². The maximum Gasteiger partial charge on any atom is 0.315 e. The molecule has 108 valence electrons. The molecule has 0 aliphatic carbocycles. The summed E-state index contributed by atoms with van der Waals surface area (Å²) in [6.07, 6.45) is 6.85. The number of pyridine rings is 2. The molecule has 0 bridgehead atoms. The Bertz CT molecular complexity index is 448. The maximum absolute atomic E-state index is 11.5. The van der Waals surface area contributed by atoms with Crippen molar-refractivity contribution in [3.8, 4) is 0 Å². The smallest absolute Gasteiger partial charge is 0.315 e. The average Bonchev–Trinajstić information content (AvgIpc) is 2.45. The molecule has 6 N–H and O–H groups in total. The van der Waals surface area contributed by atoms with E-state index in [0.717, 1.165) is 11.1 Å². The van der Waals surface area contributed by atoms with Gasteiger partial charge in [0.2, 0.25) is 0 Å². The van der Waals surface area contributed by atoms with E-state index in [1.54, 1.807) is 24.8 Å². The molecule has 2 aromatic rings. The van der Waals surface area contributed by atoms with Gasteiger partial charge in [0, 0.05) is 37.9 Å². The first-order chi connectivity index (χ1) is 8.84. The van der Waals surface area contributed by atoms with E-state index in [9.17, 15) is 4.79 Å². The number of hydrogen-bond acceptors (Lipinski definition) is 3. The SMILES string of the molecule is O.O.O=C(NCc1cccnc1)NCc1cccnc1. The molecule has 0 aliphatic heterocycles. The Kier molecular flexibility index (Phi) is 8.24. The molecule has 0 radical (unpaired) electrons.